The number of ketones is 2. The van der Waals surface area contributed by atoms with E-state index in [-0.39, 0.29) is 17.5 Å². The van der Waals surface area contributed by atoms with Crippen LogP contribution in [0.5, 0.6) is 0 Å². The zero-order valence-electron chi connectivity index (χ0n) is 15.6. The molecule has 1 aromatic heterocycles. The van der Waals surface area contributed by atoms with Crippen LogP contribution in [0, 0.1) is 6.92 Å². The van der Waals surface area contributed by atoms with Crippen molar-refractivity contribution in [1.29, 1.82) is 0 Å². The highest BCUT2D eigenvalue weighted by molar-refractivity contribution is 6.18. The Hall–Kier alpha value is -2.68. The summed E-state index contributed by atoms with van der Waals surface area (Å²) in [7, 11) is 0. The number of aromatic nitrogens is 1. The van der Waals surface area contributed by atoms with Crippen LogP contribution in [0.4, 0.5) is 0 Å². The molecular weight excluding hydrogens is 322 g/mol. The topological polar surface area (TPSA) is 49.9 Å². The van der Waals surface area contributed by atoms with E-state index >= 15 is 0 Å². The highest BCUT2D eigenvalue weighted by Crippen LogP contribution is 2.33. The van der Waals surface area contributed by atoms with Crippen molar-refractivity contribution in [3.8, 4) is 0 Å². The average Bonchev–Trinajstić information content (AvgIpc) is 3.01. The molecule has 0 bridgehead atoms. The third-order valence-corrected chi connectivity index (χ3v) is 5.09. The third kappa shape index (κ3) is 3.48. The van der Waals surface area contributed by atoms with Gasteiger partial charge in [0.15, 0.2) is 5.78 Å². The lowest BCUT2D eigenvalue weighted by Gasteiger charge is -2.14. The molecule has 0 saturated heterocycles. The second-order valence-corrected chi connectivity index (χ2v) is 6.92. The largest absolute Gasteiger partial charge is 0.358 e. The van der Waals surface area contributed by atoms with Crippen LogP contribution in [-0.2, 0) is 4.79 Å². The molecule has 26 heavy (non-hydrogen) atoms. The van der Waals surface area contributed by atoms with E-state index < -0.39 is 0 Å². The van der Waals surface area contributed by atoms with Gasteiger partial charge in [-0.3, -0.25) is 9.59 Å². The minimum absolute atomic E-state index is 0.0404. The Labute approximate surface area is 154 Å². The zero-order valence-corrected chi connectivity index (χ0v) is 15.6. The van der Waals surface area contributed by atoms with Crippen LogP contribution in [0.1, 0.15) is 66.2 Å². The maximum absolute atomic E-state index is 13.2. The summed E-state index contributed by atoms with van der Waals surface area (Å²) in [6.07, 6.45) is 1.96. The number of H-pyrrole nitrogens is 1. The number of rotatable bonds is 7. The van der Waals surface area contributed by atoms with Gasteiger partial charge in [-0.2, -0.15) is 0 Å². The summed E-state index contributed by atoms with van der Waals surface area (Å²) >= 11 is 0. The molecule has 0 saturated carbocycles. The molecule has 1 N–H and O–H groups in total. The van der Waals surface area contributed by atoms with E-state index in [0.29, 0.717) is 18.4 Å². The summed E-state index contributed by atoms with van der Waals surface area (Å²) in [4.78, 5) is 28.2. The number of aryl methyl sites for hydroxylation is 1. The molecule has 3 aromatic rings. The van der Waals surface area contributed by atoms with Gasteiger partial charge >= 0.3 is 0 Å². The molecule has 2 aromatic carbocycles. The summed E-state index contributed by atoms with van der Waals surface area (Å²) in [6, 6.07) is 15.5. The highest BCUT2D eigenvalue weighted by Gasteiger charge is 2.22. The van der Waals surface area contributed by atoms with Gasteiger partial charge in [-0.25, -0.2) is 0 Å². The van der Waals surface area contributed by atoms with Crippen molar-refractivity contribution in [2.45, 2.75) is 46.0 Å². The van der Waals surface area contributed by atoms with Crippen molar-refractivity contribution < 1.29 is 9.59 Å². The maximum atomic E-state index is 13.2. The molecule has 0 spiro atoms. The summed E-state index contributed by atoms with van der Waals surface area (Å²) in [5.41, 5.74) is 4.44. The first-order chi connectivity index (χ1) is 12.5. The Kier molecular flexibility index (Phi) is 5.36. The Bertz CT molecular complexity index is 938. The number of Topliss-reactive ketones (excluding diaryl/α,β-unsaturated/α-hetero) is 1. The van der Waals surface area contributed by atoms with Crippen LogP contribution >= 0.6 is 0 Å². The number of benzene rings is 2. The summed E-state index contributed by atoms with van der Waals surface area (Å²) in [6.45, 7) is 5.99. The molecular formula is C23H25NO2. The molecule has 3 nitrogen and oxygen atoms in total. The average molecular weight is 347 g/mol. The molecule has 0 radical (unpaired) electrons. The van der Waals surface area contributed by atoms with Gasteiger partial charge in [-0.15, -0.1) is 0 Å². The first kappa shape index (κ1) is 18.1. The second kappa shape index (κ2) is 7.69. The van der Waals surface area contributed by atoms with E-state index in [1.807, 2.05) is 56.3 Å². The van der Waals surface area contributed by atoms with Crippen molar-refractivity contribution in [2.75, 3.05) is 0 Å². The predicted molar refractivity (Wildman–Crippen MR) is 106 cm³/mol. The number of carbonyl (C=O) groups is 2. The first-order valence-corrected chi connectivity index (χ1v) is 9.25. The first-order valence-electron chi connectivity index (χ1n) is 9.25. The van der Waals surface area contributed by atoms with E-state index in [0.717, 1.165) is 34.1 Å². The van der Waals surface area contributed by atoms with Crippen LogP contribution < -0.4 is 0 Å². The van der Waals surface area contributed by atoms with E-state index in [4.69, 9.17) is 0 Å². The van der Waals surface area contributed by atoms with E-state index in [9.17, 15) is 9.59 Å². The number of carbonyl (C=O) groups excluding carboxylic acids is 2. The molecule has 0 fully saturated rings. The van der Waals surface area contributed by atoms with Crippen molar-refractivity contribution in [2.24, 2.45) is 0 Å². The summed E-state index contributed by atoms with van der Waals surface area (Å²) in [5, 5.41) is 0.996. The van der Waals surface area contributed by atoms with Gasteiger partial charge in [0.1, 0.15) is 5.78 Å². The maximum Gasteiger partial charge on any atom is 0.195 e. The highest BCUT2D eigenvalue weighted by atomic mass is 16.1. The molecule has 0 aliphatic rings. The smallest absolute Gasteiger partial charge is 0.195 e. The normalized spacial score (nSPS) is 12.3. The van der Waals surface area contributed by atoms with Gasteiger partial charge in [0.05, 0.1) is 5.56 Å². The molecule has 1 atom stereocenters. The third-order valence-electron chi connectivity index (χ3n) is 5.09. The fourth-order valence-corrected chi connectivity index (χ4v) is 3.54. The van der Waals surface area contributed by atoms with Gasteiger partial charge in [-0.1, -0.05) is 56.3 Å². The number of fused-ring (bicyclic) bond motifs is 1. The lowest BCUT2D eigenvalue weighted by molar-refractivity contribution is -0.118. The van der Waals surface area contributed by atoms with E-state index in [2.05, 4.69) is 18.0 Å². The Morgan fingerprint density at radius 3 is 2.46 bits per heavy atom. The van der Waals surface area contributed by atoms with E-state index in [1.165, 1.54) is 0 Å². The Morgan fingerprint density at radius 1 is 1.04 bits per heavy atom. The molecule has 1 heterocycles. The van der Waals surface area contributed by atoms with Gasteiger partial charge in [0, 0.05) is 35.0 Å². The molecule has 3 rings (SSSR count). The van der Waals surface area contributed by atoms with Crippen LogP contribution in [-0.4, -0.2) is 16.6 Å². The lowest BCUT2D eigenvalue weighted by atomic mass is 9.89. The van der Waals surface area contributed by atoms with Crippen LogP contribution in [0.25, 0.3) is 10.9 Å². The van der Waals surface area contributed by atoms with Crippen LogP contribution in [0.3, 0.4) is 0 Å². The molecule has 3 heteroatoms. The fraction of sp³-hybridized carbons (Fsp3) is 0.304. The minimum Gasteiger partial charge on any atom is -0.358 e. The number of nitrogens with one attached hydrogen (secondary N) is 1. The van der Waals surface area contributed by atoms with Gasteiger partial charge in [0.25, 0.3) is 0 Å². The van der Waals surface area contributed by atoms with Crippen LogP contribution in [0.15, 0.2) is 48.5 Å². The Balaban J connectivity index is 2.06. The van der Waals surface area contributed by atoms with Gasteiger partial charge in [0.2, 0.25) is 0 Å². The summed E-state index contributed by atoms with van der Waals surface area (Å²) < 4.78 is 0. The van der Waals surface area contributed by atoms with Crippen molar-refractivity contribution >= 4 is 22.5 Å². The molecule has 0 aliphatic carbocycles. The quantitative estimate of drug-likeness (QED) is 0.568. The van der Waals surface area contributed by atoms with Crippen molar-refractivity contribution in [3.05, 3.63) is 70.9 Å². The monoisotopic (exact) mass is 347 g/mol. The Morgan fingerprint density at radius 2 is 1.77 bits per heavy atom. The van der Waals surface area contributed by atoms with Gasteiger partial charge < -0.3 is 4.98 Å². The number of aromatic amines is 1. The molecule has 1 unspecified atom stereocenters. The van der Waals surface area contributed by atoms with Crippen molar-refractivity contribution in [3.63, 3.8) is 0 Å². The molecule has 0 aliphatic heterocycles. The lowest BCUT2D eigenvalue weighted by Crippen LogP contribution is -2.05. The standard InChI is InChI=1S/C23H25NO2/c1-4-18(25)14-13-15(2)19-11-8-12-20-22(19)21(16(3)24-20)23(26)17-9-6-5-7-10-17/h5-12,15,24H,4,13-14H2,1-3H3. The SMILES string of the molecule is CCC(=O)CCC(C)c1cccc2[nH]c(C)c(C(=O)c3ccccc3)c12. The van der Waals surface area contributed by atoms with Crippen LogP contribution in [0.2, 0.25) is 0 Å². The van der Waals surface area contributed by atoms with E-state index in [1.54, 1.807) is 0 Å². The minimum atomic E-state index is 0.0404. The predicted octanol–water partition coefficient (Wildman–Crippen LogP) is 5.57. The molecule has 0 amide bonds. The number of hydrogen-bond donors (Lipinski definition) is 1. The fourth-order valence-electron chi connectivity index (χ4n) is 3.54. The number of hydrogen-bond acceptors (Lipinski definition) is 2. The van der Waals surface area contributed by atoms with Crippen molar-refractivity contribution in [1.82, 2.24) is 4.98 Å². The zero-order chi connectivity index (χ0) is 18.7. The molecule has 134 valence electrons. The summed E-state index contributed by atoms with van der Waals surface area (Å²) in [5.74, 6) is 0.542. The van der Waals surface area contributed by atoms with Gasteiger partial charge in [-0.05, 0) is 30.9 Å². The second-order valence-electron chi connectivity index (χ2n) is 6.92.